The standard InChI is InChI=1S/C27H19F2N5O3S/c1-37-18-5-3-15(11-30)20(9-18)23-10-21-24(38-23)25(35)34(26(36)32-21)22-13-31-12-16-2-4-17(8-19(16)22)33-7-6-27(28,29)14-33/h2-5,8-10,12-13H,6-7,14H2,1H3,(H,32,36). The SMILES string of the molecule is COc1ccc(C#N)c(-c2cc3[nH]c(=O)n(-c4cncc5ccc(N6CCC(F)(F)C6)cc45)c(=O)c3s2)c1. The average molecular weight is 532 g/mol. The van der Waals surface area contributed by atoms with Gasteiger partial charge in [0.25, 0.3) is 11.5 Å². The van der Waals surface area contributed by atoms with Crippen LogP contribution < -0.4 is 20.9 Å². The highest BCUT2D eigenvalue weighted by Crippen LogP contribution is 2.36. The van der Waals surface area contributed by atoms with Gasteiger partial charge >= 0.3 is 5.69 Å². The van der Waals surface area contributed by atoms with Crippen molar-refractivity contribution in [1.82, 2.24) is 14.5 Å². The minimum absolute atomic E-state index is 0.207. The smallest absolute Gasteiger partial charge is 0.333 e. The second-order valence-electron chi connectivity index (χ2n) is 9.04. The Kier molecular flexibility index (Phi) is 5.50. The molecule has 1 saturated heterocycles. The molecule has 0 bridgehead atoms. The molecule has 2 aromatic carbocycles. The molecule has 8 nitrogen and oxygen atoms in total. The molecule has 0 spiro atoms. The molecule has 0 amide bonds. The molecule has 3 aromatic heterocycles. The summed E-state index contributed by atoms with van der Waals surface area (Å²) in [5, 5.41) is 10.8. The van der Waals surface area contributed by atoms with E-state index in [-0.39, 0.29) is 18.7 Å². The van der Waals surface area contributed by atoms with E-state index in [1.54, 1.807) is 53.6 Å². The third kappa shape index (κ3) is 3.90. The summed E-state index contributed by atoms with van der Waals surface area (Å²) in [6, 6.07) is 14.0. The number of ether oxygens (including phenoxy) is 1. The molecule has 1 aliphatic rings. The molecular weight excluding hydrogens is 512 g/mol. The molecule has 38 heavy (non-hydrogen) atoms. The maximum absolute atomic E-state index is 13.8. The normalized spacial score (nSPS) is 14.7. The molecule has 0 aliphatic carbocycles. The van der Waals surface area contributed by atoms with Crippen molar-refractivity contribution in [3.05, 3.63) is 81.3 Å². The van der Waals surface area contributed by atoms with Gasteiger partial charge in [0.05, 0.1) is 42.7 Å². The summed E-state index contributed by atoms with van der Waals surface area (Å²) in [6.07, 6.45) is 2.78. The number of fused-ring (bicyclic) bond motifs is 2. The van der Waals surface area contributed by atoms with Gasteiger partial charge in [-0.25, -0.2) is 18.1 Å². The lowest BCUT2D eigenvalue weighted by Gasteiger charge is -2.19. The fourth-order valence-electron chi connectivity index (χ4n) is 4.78. The highest BCUT2D eigenvalue weighted by Gasteiger charge is 2.38. The highest BCUT2D eigenvalue weighted by atomic mass is 32.1. The zero-order valence-corrected chi connectivity index (χ0v) is 20.8. The van der Waals surface area contributed by atoms with E-state index in [9.17, 15) is 23.6 Å². The summed E-state index contributed by atoms with van der Waals surface area (Å²) >= 11 is 1.15. The third-order valence-electron chi connectivity index (χ3n) is 6.69. The number of nitrogens with zero attached hydrogens (tertiary/aromatic N) is 4. The van der Waals surface area contributed by atoms with Crippen LogP contribution in [0.25, 0.3) is 37.1 Å². The van der Waals surface area contributed by atoms with E-state index >= 15 is 0 Å². The lowest BCUT2D eigenvalue weighted by atomic mass is 10.1. The number of nitriles is 1. The molecule has 1 N–H and O–H groups in total. The summed E-state index contributed by atoms with van der Waals surface area (Å²) in [5.74, 6) is -2.21. The number of hydrogen-bond donors (Lipinski definition) is 1. The first-order valence-corrected chi connectivity index (χ1v) is 12.5. The Morgan fingerprint density at radius 3 is 2.74 bits per heavy atom. The molecular formula is C27H19F2N5O3S. The molecule has 190 valence electrons. The first-order valence-electron chi connectivity index (χ1n) is 11.7. The number of anilines is 1. The number of alkyl halides is 2. The van der Waals surface area contributed by atoms with Gasteiger partial charge in [0.15, 0.2) is 0 Å². The Labute approximate surface area is 218 Å². The quantitative estimate of drug-likeness (QED) is 0.361. The number of nitrogens with one attached hydrogen (secondary N) is 1. The molecule has 1 fully saturated rings. The van der Waals surface area contributed by atoms with Gasteiger partial charge in [0.2, 0.25) is 0 Å². The summed E-state index contributed by atoms with van der Waals surface area (Å²) in [7, 11) is 1.52. The van der Waals surface area contributed by atoms with Crippen LogP contribution >= 0.6 is 11.3 Å². The number of benzene rings is 2. The van der Waals surface area contributed by atoms with E-state index in [2.05, 4.69) is 16.0 Å². The van der Waals surface area contributed by atoms with E-state index in [1.807, 2.05) is 0 Å². The first kappa shape index (κ1) is 23.8. The van der Waals surface area contributed by atoms with Crippen molar-refractivity contribution in [3.8, 4) is 27.9 Å². The predicted octanol–water partition coefficient (Wildman–Crippen LogP) is 4.68. The van der Waals surface area contributed by atoms with Gasteiger partial charge in [-0.2, -0.15) is 5.26 Å². The van der Waals surface area contributed by atoms with Gasteiger partial charge in [-0.1, -0.05) is 6.07 Å². The highest BCUT2D eigenvalue weighted by molar-refractivity contribution is 7.22. The van der Waals surface area contributed by atoms with E-state index in [1.165, 1.54) is 13.3 Å². The minimum Gasteiger partial charge on any atom is -0.497 e. The van der Waals surface area contributed by atoms with Crippen molar-refractivity contribution >= 4 is 38.0 Å². The van der Waals surface area contributed by atoms with Gasteiger partial charge in [-0.05, 0) is 36.4 Å². The van der Waals surface area contributed by atoms with E-state index < -0.39 is 23.7 Å². The number of pyridine rings is 1. The molecule has 0 saturated carbocycles. The van der Waals surface area contributed by atoms with E-state index in [0.717, 1.165) is 15.9 Å². The van der Waals surface area contributed by atoms with Crippen LogP contribution in [0.1, 0.15) is 12.0 Å². The Morgan fingerprint density at radius 1 is 1.16 bits per heavy atom. The number of hydrogen-bond acceptors (Lipinski definition) is 7. The molecule has 0 atom stereocenters. The van der Waals surface area contributed by atoms with Crippen LogP contribution in [-0.2, 0) is 0 Å². The zero-order valence-electron chi connectivity index (χ0n) is 20.0. The van der Waals surface area contributed by atoms with Crippen LogP contribution in [0.2, 0.25) is 0 Å². The maximum Gasteiger partial charge on any atom is 0.333 e. The van der Waals surface area contributed by atoms with Crippen LogP contribution in [0.15, 0.2) is 64.4 Å². The van der Waals surface area contributed by atoms with Gasteiger partial charge in [-0.15, -0.1) is 11.3 Å². The first-order chi connectivity index (χ1) is 18.3. The number of H-pyrrole nitrogens is 1. The van der Waals surface area contributed by atoms with Crippen molar-refractivity contribution in [1.29, 1.82) is 5.26 Å². The van der Waals surface area contributed by atoms with Crippen LogP contribution in [0, 0.1) is 11.3 Å². The average Bonchev–Trinajstić information content (AvgIpc) is 3.51. The van der Waals surface area contributed by atoms with Crippen molar-refractivity contribution in [2.75, 3.05) is 25.1 Å². The Balaban J connectivity index is 1.52. The Morgan fingerprint density at radius 2 is 2.00 bits per heavy atom. The fourth-order valence-corrected chi connectivity index (χ4v) is 5.85. The van der Waals surface area contributed by atoms with E-state index in [0.29, 0.717) is 48.4 Å². The van der Waals surface area contributed by atoms with Gasteiger partial charge < -0.3 is 14.6 Å². The minimum atomic E-state index is -2.76. The van der Waals surface area contributed by atoms with Crippen LogP contribution in [0.5, 0.6) is 5.75 Å². The van der Waals surface area contributed by atoms with Crippen molar-refractivity contribution in [2.24, 2.45) is 0 Å². The van der Waals surface area contributed by atoms with Crippen LogP contribution in [0.3, 0.4) is 0 Å². The molecule has 4 heterocycles. The van der Waals surface area contributed by atoms with Crippen molar-refractivity contribution < 1.29 is 13.5 Å². The number of rotatable bonds is 4. The monoisotopic (exact) mass is 531 g/mol. The number of aromatic nitrogens is 3. The van der Waals surface area contributed by atoms with Gasteiger partial charge in [0, 0.05) is 46.1 Å². The lowest BCUT2D eigenvalue weighted by Crippen LogP contribution is -2.33. The van der Waals surface area contributed by atoms with E-state index in [4.69, 9.17) is 4.74 Å². The number of halogens is 2. The summed E-state index contributed by atoms with van der Waals surface area (Å²) in [5.41, 5.74) is 0.943. The predicted molar refractivity (Wildman–Crippen MR) is 142 cm³/mol. The summed E-state index contributed by atoms with van der Waals surface area (Å²) in [4.78, 5) is 36.0. The molecule has 11 heteroatoms. The number of methoxy groups -OCH3 is 1. The maximum atomic E-state index is 13.8. The van der Waals surface area contributed by atoms with Gasteiger partial charge in [-0.3, -0.25) is 9.78 Å². The largest absolute Gasteiger partial charge is 0.497 e. The Bertz CT molecular complexity index is 1900. The van der Waals surface area contributed by atoms with Gasteiger partial charge in [0.1, 0.15) is 10.4 Å². The zero-order chi connectivity index (χ0) is 26.6. The molecule has 1 aliphatic heterocycles. The molecule has 5 aromatic rings. The van der Waals surface area contributed by atoms with Crippen LogP contribution in [-0.4, -0.2) is 40.7 Å². The second-order valence-corrected chi connectivity index (χ2v) is 10.1. The molecule has 0 radical (unpaired) electrons. The number of aromatic amines is 1. The second kappa shape index (κ2) is 8.78. The summed E-state index contributed by atoms with van der Waals surface area (Å²) in [6.45, 7) is -0.184. The third-order valence-corrected chi connectivity index (χ3v) is 7.84. The molecule has 0 unspecified atom stereocenters. The van der Waals surface area contributed by atoms with Crippen LogP contribution in [0.4, 0.5) is 14.5 Å². The van der Waals surface area contributed by atoms with Crippen molar-refractivity contribution in [2.45, 2.75) is 12.3 Å². The summed E-state index contributed by atoms with van der Waals surface area (Å²) < 4.78 is 34.3. The van der Waals surface area contributed by atoms with Crippen molar-refractivity contribution in [3.63, 3.8) is 0 Å². The fraction of sp³-hybridized carbons (Fsp3) is 0.185. The number of thiophene rings is 1. The Hall–Kier alpha value is -4.56. The lowest BCUT2D eigenvalue weighted by molar-refractivity contribution is 0.0257. The molecule has 6 rings (SSSR count). The topological polar surface area (TPSA) is 104 Å².